The number of aromatic nitrogens is 2. The minimum absolute atomic E-state index is 0.572. The van der Waals surface area contributed by atoms with Crippen LogP contribution in [0.25, 0.3) is 11.3 Å². The van der Waals surface area contributed by atoms with Crippen LogP contribution < -0.4 is 4.90 Å². The van der Waals surface area contributed by atoms with Crippen molar-refractivity contribution >= 4 is 5.82 Å². The van der Waals surface area contributed by atoms with E-state index < -0.39 is 11.7 Å². The van der Waals surface area contributed by atoms with Crippen molar-refractivity contribution in [2.75, 3.05) is 31.1 Å². The van der Waals surface area contributed by atoms with Crippen molar-refractivity contribution in [1.82, 2.24) is 15.1 Å². The van der Waals surface area contributed by atoms with E-state index in [1.54, 1.807) is 0 Å². The highest BCUT2D eigenvalue weighted by atomic mass is 19.4. The number of rotatable bonds is 5. The molecule has 1 aromatic heterocycles. The summed E-state index contributed by atoms with van der Waals surface area (Å²) < 4.78 is 38.0. The van der Waals surface area contributed by atoms with E-state index in [1.807, 2.05) is 12.1 Å². The quantitative estimate of drug-likeness (QED) is 0.768. The number of halogens is 3. The first-order chi connectivity index (χ1) is 12.9. The second kappa shape index (κ2) is 8.25. The van der Waals surface area contributed by atoms with Gasteiger partial charge in [-0.1, -0.05) is 26.0 Å². The summed E-state index contributed by atoms with van der Waals surface area (Å²) in [6.45, 7) is 8.29. The molecule has 0 aliphatic carbocycles. The SMILES string of the molecule is CCC(CC)N1CCN(c2ccc(-c3ccc(C(F)(F)F)cc3)nn2)CC1. The minimum Gasteiger partial charge on any atom is -0.353 e. The number of alkyl halides is 3. The van der Waals surface area contributed by atoms with E-state index in [4.69, 9.17) is 0 Å². The molecule has 2 aromatic rings. The molecule has 1 aromatic carbocycles. The number of hydrogen-bond acceptors (Lipinski definition) is 4. The maximum absolute atomic E-state index is 12.7. The first-order valence-corrected chi connectivity index (χ1v) is 9.42. The Hall–Kier alpha value is -2.15. The Bertz CT molecular complexity index is 716. The summed E-state index contributed by atoms with van der Waals surface area (Å²) in [5.74, 6) is 0.815. The molecule has 1 aliphatic heterocycles. The van der Waals surface area contributed by atoms with Gasteiger partial charge in [0, 0.05) is 37.8 Å². The van der Waals surface area contributed by atoms with Crippen LogP contribution in [0.5, 0.6) is 0 Å². The van der Waals surface area contributed by atoms with Gasteiger partial charge in [-0.2, -0.15) is 13.2 Å². The maximum atomic E-state index is 12.7. The molecule has 0 radical (unpaired) electrons. The third-order valence-electron chi connectivity index (χ3n) is 5.26. The van der Waals surface area contributed by atoms with Crippen LogP contribution in [-0.2, 0) is 6.18 Å². The van der Waals surface area contributed by atoms with Crippen LogP contribution in [0.1, 0.15) is 32.3 Å². The standard InChI is InChI=1S/C20H25F3N4/c1-3-17(4-2)26-11-13-27(14-12-26)19-10-9-18(24-25-19)15-5-7-16(8-6-15)20(21,22)23/h5-10,17H,3-4,11-14H2,1-2H3. The van der Waals surface area contributed by atoms with Crippen molar-refractivity contribution < 1.29 is 13.2 Å². The van der Waals surface area contributed by atoms with Gasteiger partial charge in [0.15, 0.2) is 5.82 Å². The Balaban J connectivity index is 1.64. The normalized spacial score (nSPS) is 16.1. The van der Waals surface area contributed by atoms with Gasteiger partial charge in [0.05, 0.1) is 11.3 Å². The van der Waals surface area contributed by atoms with Crippen LogP contribution in [0.2, 0.25) is 0 Å². The molecule has 0 atom stereocenters. The zero-order valence-electron chi connectivity index (χ0n) is 15.7. The van der Waals surface area contributed by atoms with E-state index in [2.05, 4.69) is 33.8 Å². The van der Waals surface area contributed by atoms with Gasteiger partial charge in [0.2, 0.25) is 0 Å². The molecular weight excluding hydrogens is 353 g/mol. The second-order valence-electron chi connectivity index (χ2n) is 6.85. The van der Waals surface area contributed by atoms with Crippen LogP contribution in [0, 0.1) is 0 Å². The van der Waals surface area contributed by atoms with E-state index in [9.17, 15) is 13.2 Å². The average Bonchev–Trinajstić information content (AvgIpc) is 2.69. The fourth-order valence-electron chi connectivity index (χ4n) is 3.60. The molecule has 3 rings (SSSR count). The molecule has 4 nitrogen and oxygen atoms in total. The van der Waals surface area contributed by atoms with Gasteiger partial charge in [0.25, 0.3) is 0 Å². The van der Waals surface area contributed by atoms with E-state index in [-0.39, 0.29) is 0 Å². The third kappa shape index (κ3) is 4.58. The molecule has 1 aliphatic rings. The van der Waals surface area contributed by atoms with Crippen molar-refractivity contribution in [3.05, 3.63) is 42.0 Å². The van der Waals surface area contributed by atoms with Crippen molar-refractivity contribution in [2.24, 2.45) is 0 Å². The third-order valence-corrected chi connectivity index (χ3v) is 5.26. The Labute approximate surface area is 158 Å². The number of hydrogen-bond donors (Lipinski definition) is 0. The molecule has 0 N–H and O–H groups in total. The summed E-state index contributed by atoms with van der Waals surface area (Å²) in [6, 6.07) is 9.36. The molecule has 0 bridgehead atoms. The van der Waals surface area contributed by atoms with Crippen LogP contribution in [0.15, 0.2) is 36.4 Å². The highest BCUT2D eigenvalue weighted by Crippen LogP contribution is 2.30. The summed E-state index contributed by atoms with van der Waals surface area (Å²) in [4.78, 5) is 4.74. The zero-order valence-corrected chi connectivity index (χ0v) is 15.7. The fraction of sp³-hybridized carbons (Fsp3) is 0.500. The van der Waals surface area contributed by atoms with E-state index >= 15 is 0 Å². The van der Waals surface area contributed by atoms with Crippen LogP contribution in [0.4, 0.5) is 19.0 Å². The largest absolute Gasteiger partial charge is 0.416 e. The highest BCUT2D eigenvalue weighted by Gasteiger charge is 2.30. The summed E-state index contributed by atoms with van der Waals surface area (Å²) >= 11 is 0. The number of piperazine rings is 1. The first-order valence-electron chi connectivity index (χ1n) is 9.42. The molecule has 2 heterocycles. The monoisotopic (exact) mass is 378 g/mol. The average molecular weight is 378 g/mol. The predicted molar refractivity (Wildman–Crippen MR) is 101 cm³/mol. The summed E-state index contributed by atoms with van der Waals surface area (Å²) in [5.41, 5.74) is 0.537. The molecule has 1 saturated heterocycles. The van der Waals surface area contributed by atoms with Crippen molar-refractivity contribution in [2.45, 2.75) is 38.9 Å². The lowest BCUT2D eigenvalue weighted by atomic mass is 10.1. The van der Waals surface area contributed by atoms with Gasteiger partial charge in [-0.25, -0.2) is 0 Å². The van der Waals surface area contributed by atoms with E-state index in [1.165, 1.54) is 12.1 Å². The summed E-state index contributed by atoms with van der Waals surface area (Å²) in [5, 5.41) is 8.51. The predicted octanol–water partition coefficient (Wildman–Crippen LogP) is 4.47. The minimum atomic E-state index is -4.33. The van der Waals surface area contributed by atoms with Gasteiger partial charge < -0.3 is 4.90 Å². The topological polar surface area (TPSA) is 32.3 Å². The Morgan fingerprint density at radius 2 is 1.52 bits per heavy atom. The fourth-order valence-corrected chi connectivity index (χ4v) is 3.60. The molecule has 27 heavy (non-hydrogen) atoms. The second-order valence-corrected chi connectivity index (χ2v) is 6.85. The molecule has 146 valence electrons. The molecular formula is C20H25F3N4. The van der Waals surface area contributed by atoms with Gasteiger partial charge >= 0.3 is 6.18 Å². The number of nitrogens with zero attached hydrogens (tertiary/aromatic N) is 4. The van der Waals surface area contributed by atoms with Gasteiger partial charge in [-0.15, -0.1) is 10.2 Å². The maximum Gasteiger partial charge on any atom is 0.416 e. The van der Waals surface area contributed by atoms with Crippen LogP contribution in [-0.4, -0.2) is 47.3 Å². The van der Waals surface area contributed by atoms with E-state index in [0.29, 0.717) is 17.3 Å². The lowest BCUT2D eigenvalue weighted by molar-refractivity contribution is -0.137. The van der Waals surface area contributed by atoms with Crippen LogP contribution >= 0.6 is 0 Å². The first kappa shape index (κ1) is 19.6. The molecule has 0 saturated carbocycles. The number of benzene rings is 1. The molecule has 0 spiro atoms. The van der Waals surface area contributed by atoms with Gasteiger partial charge in [0.1, 0.15) is 0 Å². The molecule has 0 unspecified atom stereocenters. The Kier molecular flexibility index (Phi) is 5.99. The van der Waals surface area contributed by atoms with Crippen molar-refractivity contribution in [3.8, 4) is 11.3 Å². The van der Waals surface area contributed by atoms with Gasteiger partial charge in [-0.3, -0.25) is 4.90 Å². The molecule has 0 amide bonds. The lowest BCUT2D eigenvalue weighted by Gasteiger charge is -2.39. The molecule has 1 fully saturated rings. The lowest BCUT2D eigenvalue weighted by Crippen LogP contribution is -2.50. The summed E-state index contributed by atoms with van der Waals surface area (Å²) in [6.07, 6.45) is -2.00. The van der Waals surface area contributed by atoms with Crippen LogP contribution in [0.3, 0.4) is 0 Å². The van der Waals surface area contributed by atoms with Gasteiger partial charge in [-0.05, 0) is 37.1 Å². The highest BCUT2D eigenvalue weighted by molar-refractivity contribution is 5.60. The molecule has 7 heteroatoms. The smallest absolute Gasteiger partial charge is 0.353 e. The zero-order chi connectivity index (χ0) is 19.4. The Morgan fingerprint density at radius 1 is 0.889 bits per heavy atom. The number of anilines is 1. The summed E-state index contributed by atoms with van der Waals surface area (Å²) in [7, 11) is 0. The van der Waals surface area contributed by atoms with Crippen molar-refractivity contribution in [1.29, 1.82) is 0 Å². The van der Waals surface area contributed by atoms with Crippen molar-refractivity contribution in [3.63, 3.8) is 0 Å². The van der Waals surface area contributed by atoms with E-state index in [0.717, 1.165) is 57.0 Å². The Morgan fingerprint density at radius 3 is 2.00 bits per heavy atom.